The minimum atomic E-state index is -0.823. The quantitative estimate of drug-likeness (QED) is 0.749. The van der Waals surface area contributed by atoms with Crippen LogP contribution in [0.1, 0.15) is 6.92 Å². The van der Waals surface area contributed by atoms with E-state index >= 15 is 0 Å². The molecule has 0 spiro atoms. The molecule has 110 valence electrons. The van der Waals surface area contributed by atoms with Crippen LogP contribution in [0, 0.1) is 0 Å². The number of thiophene rings is 1. The second kappa shape index (κ2) is 5.90. The summed E-state index contributed by atoms with van der Waals surface area (Å²) < 4.78 is 0. The van der Waals surface area contributed by atoms with E-state index in [0.717, 1.165) is 16.0 Å². The second-order valence-electron chi connectivity index (χ2n) is 5.37. The Balaban J connectivity index is 2.18. The van der Waals surface area contributed by atoms with E-state index in [4.69, 9.17) is 0 Å². The largest absolute Gasteiger partial charge is 0.387 e. The fourth-order valence-electron chi connectivity index (χ4n) is 2.11. The van der Waals surface area contributed by atoms with Crippen LogP contribution < -0.4 is 10.6 Å². The molecule has 3 N–H and O–H groups in total. The molecule has 2 aromatic heterocycles. The number of fused-ring (bicyclic) bond motifs is 1. The van der Waals surface area contributed by atoms with Crippen LogP contribution in [0.3, 0.4) is 0 Å². The Hall–Kier alpha value is -1.44. The van der Waals surface area contributed by atoms with Gasteiger partial charge in [0, 0.05) is 20.1 Å². The standard InChI is InChI=1S/C13H21N5OS/c1-13(19,8-18(3)4)7-15-10-9-5-6-20-11(9)17-12(14-2)16-10/h5-6,19H,7-8H2,1-4H3,(H2,14,15,16,17). The Kier molecular flexibility index (Phi) is 4.42. The smallest absolute Gasteiger partial charge is 0.225 e. The van der Waals surface area contributed by atoms with Crippen LogP contribution in [-0.2, 0) is 0 Å². The highest BCUT2D eigenvalue weighted by Gasteiger charge is 2.22. The number of anilines is 2. The topological polar surface area (TPSA) is 73.3 Å². The maximum atomic E-state index is 10.3. The van der Waals surface area contributed by atoms with Gasteiger partial charge in [-0.2, -0.15) is 4.98 Å². The third-order valence-corrected chi connectivity index (χ3v) is 3.65. The molecular formula is C13H21N5OS. The predicted molar refractivity (Wildman–Crippen MR) is 84.6 cm³/mol. The average Bonchev–Trinajstić information content (AvgIpc) is 2.82. The van der Waals surface area contributed by atoms with Crippen molar-refractivity contribution in [1.82, 2.24) is 14.9 Å². The Morgan fingerprint density at radius 3 is 2.80 bits per heavy atom. The van der Waals surface area contributed by atoms with Crippen molar-refractivity contribution < 1.29 is 5.11 Å². The molecule has 0 amide bonds. The summed E-state index contributed by atoms with van der Waals surface area (Å²) in [5.74, 6) is 1.33. The first-order valence-electron chi connectivity index (χ1n) is 6.45. The van der Waals surface area contributed by atoms with Crippen molar-refractivity contribution in [3.05, 3.63) is 11.4 Å². The predicted octanol–water partition coefficient (Wildman–Crippen LogP) is 1.46. The van der Waals surface area contributed by atoms with Gasteiger partial charge in [0.1, 0.15) is 10.6 Å². The lowest BCUT2D eigenvalue weighted by Crippen LogP contribution is -2.43. The molecule has 0 saturated carbocycles. The monoisotopic (exact) mass is 295 g/mol. The van der Waals surface area contributed by atoms with Crippen molar-refractivity contribution in [1.29, 1.82) is 0 Å². The first kappa shape index (κ1) is 15.0. The molecule has 0 aliphatic rings. The maximum Gasteiger partial charge on any atom is 0.225 e. The van der Waals surface area contributed by atoms with Gasteiger partial charge in [-0.1, -0.05) is 0 Å². The number of likely N-dealkylation sites (N-methyl/N-ethyl adjacent to an activating group) is 1. The molecule has 2 aromatic rings. The van der Waals surface area contributed by atoms with Crippen LogP contribution in [-0.4, -0.2) is 59.8 Å². The molecule has 7 heteroatoms. The van der Waals surface area contributed by atoms with Crippen LogP contribution >= 0.6 is 11.3 Å². The Morgan fingerprint density at radius 2 is 2.15 bits per heavy atom. The van der Waals surface area contributed by atoms with E-state index in [1.165, 1.54) is 0 Å². The summed E-state index contributed by atoms with van der Waals surface area (Å²) in [7, 11) is 5.67. The molecule has 6 nitrogen and oxygen atoms in total. The van der Waals surface area contributed by atoms with Crippen molar-refractivity contribution >= 4 is 33.3 Å². The molecule has 0 aromatic carbocycles. The van der Waals surface area contributed by atoms with Crippen molar-refractivity contribution in [3.8, 4) is 0 Å². The Bertz CT molecular complexity index is 581. The summed E-state index contributed by atoms with van der Waals surface area (Å²) >= 11 is 1.57. The van der Waals surface area contributed by atoms with Crippen molar-refractivity contribution in [2.24, 2.45) is 0 Å². The third kappa shape index (κ3) is 3.56. The molecule has 0 saturated heterocycles. The lowest BCUT2D eigenvalue weighted by Gasteiger charge is -2.27. The van der Waals surface area contributed by atoms with Gasteiger partial charge in [-0.3, -0.25) is 0 Å². The van der Waals surface area contributed by atoms with Gasteiger partial charge >= 0.3 is 0 Å². The molecular weight excluding hydrogens is 274 g/mol. The minimum Gasteiger partial charge on any atom is -0.387 e. The zero-order valence-electron chi connectivity index (χ0n) is 12.3. The highest BCUT2D eigenvalue weighted by atomic mass is 32.1. The lowest BCUT2D eigenvalue weighted by molar-refractivity contribution is 0.0459. The van der Waals surface area contributed by atoms with Crippen LogP contribution in [0.5, 0.6) is 0 Å². The van der Waals surface area contributed by atoms with Crippen LogP contribution in [0.15, 0.2) is 11.4 Å². The number of rotatable bonds is 6. The summed E-state index contributed by atoms with van der Waals surface area (Å²) in [5, 5.41) is 19.5. The number of aliphatic hydroxyl groups is 1. The van der Waals surface area contributed by atoms with Gasteiger partial charge in [-0.25, -0.2) is 4.98 Å². The van der Waals surface area contributed by atoms with Gasteiger partial charge in [0.05, 0.1) is 11.0 Å². The first-order valence-corrected chi connectivity index (χ1v) is 7.33. The van der Waals surface area contributed by atoms with Crippen LogP contribution in [0.25, 0.3) is 10.2 Å². The summed E-state index contributed by atoms with van der Waals surface area (Å²) in [6.45, 7) is 2.82. The molecule has 2 rings (SSSR count). The Labute approximate surface area is 122 Å². The Morgan fingerprint density at radius 1 is 1.40 bits per heavy atom. The van der Waals surface area contributed by atoms with E-state index in [2.05, 4.69) is 20.6 Å². The molecule has 0 bridgehead atoms. The van der Waals surface area contributed by atoms with Gasteiger partial charge < -0.3 is 20.6 Å². The SMILES string of the molecule is CNc1nc(NCC(C)(O)CN(C)C)c2ccsc2n1. The van der Waals surface area contributed by atoms with E-state index in [9.17, 15) is 5.11 Å². The van der Waals surface area contributed by atoms with E-state index in [0.29, 0.717) is 19.0 Å². The second-order valence-corrected chi connectivity index (χ2v) is 6.27. The molecule has 0 fully saturated rings. The lowest BCUT2D eigenvalue weighted by atomic mass is 10.1. The molecule has 1 unspecified atom stereocenters. The van der Waals surface area contributed by atoms with Crippen molar-refractivity contribution in [3.63, 3.8) is 0 Å². The van der Waals surface area contributed by atoms with Gasteiger partial charge in [-0.15, -0.1) is 11.3 Å². The number of hydrogen-bond acceptors (Lipinski definition) is 7. The van der Waals surface area contributed by atoms with E-state index in [-0.39, 0.29) is 0 Å². The maximum absolute atomic E-state index is 10.3. The first-order chi connectivity index (χ1) is 9.41. The molecule has 0 aliphatic heterocycles. The zero-order valence-corrected chi connectivity index (χ0v) is 13.1. The average molecular weight is 295 g/mol. The van der Waals surface area contributed by atoms with Crippen LogP contribution in [0.4, 0.5) is 11.8 Å². The molecule has 2 heterocycles. The molecule has 20 heavy (non-hydrogen) atoms. The van der Waals surface area contributed by atoms with Gasteiger partial charge in [-0.05, 0) is 32.5 Å². The number of nitrogens with one attached hydrogen (secondary N) is 2. The number of aromatic nitrogens is 2. The highest BCUT2D eigenvalue weighted by Crippen LogP contribution is 2.26. The van der Waals surface area contributed by atoms with Gasteiger partial charge in [0.25, 0.3) is 0 Å². The molecule has 1 atom stereocenters. The molecule has 0 radical (unpaired) electrons. The molecule has 0 aliphatic carbocycles. The number of hydrogen-bond donors (Lipinski definition) is 3. The van der Waals surface area contributed by atoms with Crippen molar-refractivity contribution in [2.75, 3.05) is 44.9 Å². The minimum absolute atomic E-state index is 0.427. The van der Waals surface area contributed by atoms with Gasteiger partial charge in [0.15, 0.2) is 0 Å². The zero-order chi connectivity index (χ0) is 14.8. The summed E-state index contributed by atoms with van der Waals surface area (Å²) in [4.78, 5) is 11.7. The fraction of sp³-hybridized carbons (Fsp3) is 0.538. The fourth-order valence-corrected chi connectivity index (χ4v) is 2.88. The van der Waals surface area contributed by atoms with E-state index in [1.54, 1.807) is 18.4 Å². The van der Waals surface area contributed by atoms with Crippen LogP contribution in [0.2, 0.25) is 0 Å². The third-order valence-electron chi connectivity index (χ3n) is 2.84. The van der Waals surface area contributed by atoms with Gasteiger partial charge in [0.2, 0.25) is 5.95 Å². The van der Waals surface area contributed by atoms with Crippen molar-refractivity contribution in [2.45, 2.75) is 12.5 Å². The summed E-state index contributed by atoms with van der Waals surface area (Å²) in [6, 6.07) is 1.99. The normalized spacial score (nSPS) is 14.5. The van der Waals surface area contributed by atoms with E-state index in [1.807, 2.05) is 37.4 Å². The number of nitrogens with zero attached hydrogens (tertiary/aromatic N) is 3. The summed E-state index contributed by atoms with van der Waals surface area (Å²) in [5.41, 5.74) is -0.823. The summed E-state index contributed by atoms with van der Waals surface area (Å²) in [6.07, 6.45) is 0. The highest BCUT2D eigenvalue weighted by molar-refractivity contribution is 7.16. The van der Waals surface area contributed by atoms with E-state index < -0.39 is 5.60 Å².